The van der Waals surface area contributed by atoms with Gasteiger partial charge in [0.1, 0.15) is 10.0 Å². The summed E-state index contributed by atoms with van der Waals surface area (Å²) in [5.41, 5.74) is 3.21. The van der Waals surface area contributed by atoms with E-state index in [9.17, 15) is 4.39 Å². The van der Waals surface area contributed by atoms with Crippen LogP contribution in [-0.4, -0.2) is 9.97 Å². The van der Waals surface area contributed by atoms with Crippen molar-refractivity contribution >= 4 is 51.5 Å². The molecular weight excluding hydrogens is 293 g/mol. The second kappa shape index (κ2) is 4.79. The van der Waals surface area contributed by atoms with E-state index in [4.69, 9.17) is 11.6 Å². The topological polar surface area (TPSA) is 40.7 Å². The second-order valence-electron chi connectivity index (χ2n) is 3.51. The van der Waals surface area contributed by atoms with Crippen LogP contribution >= 0.6 is 34.9 Å². The summed E-state index contributed by atoms with van der Waals surface area (Å²) >= 11 is 8.90. The SMILES string of the molecule is Fc1ccc(NSc2cncs2)c2[nH]cc(Cl)c12. The Morgan fingerprint density at radius 1 is 1.44 bits per heavy atom. The molecule has 0 aliphatic rings. The van der Waals surface area contributed by atoms with Crippen LogP contribution in [0.4, 0.5) is 10.1 Å². The number of nitrogens with one attached hydrogen (secondary N) is 2. The molecule has 0 saturated carbocycles. The first-order chi connectivity index (χ1) is 8.75. The number of H-pyrrole nitrogens is 1. The van der Waals surface area contributed by atoms with Gasteiger partial charge in [-0.15, -0.1) is 11.3 Å². The van der Waals surface area contributed by atoms with Crippen LogP contribution < -0.4 is 4.72 Å². The van der Waals surface area contributed by atoms with E-state index < -0.39 is 0 Å². The molecule has 92 valence electrons. The molecule has 2 aromatic heterocycles. The Kier molecular flexibility index (Phi) is 3.15. The van der Waals surface area contributed by atoms with Crippen molar-refractivity contribution in [3.05, 3.63) is 40.9 Å². The minimum atomic E-state index is -0.329. The first-order valence-corrected chi connectivity index (χ1v) is 7.09. The monoisotopic (exact) mass is 299 g/mol. The normalized spacial score (nSPS) is 11.0. The number of halogens is 2. The molecule has 7 heteroatoms. The van der Waals surface area contributed by atoms with Gasteiger partial charge in [0.05, 0.1) is 33.3 Å². The van der Waals surface area contributed by atoms with Crippen LogP contribution in [0.25, 0.3) is 10.9 Å². The largest absolute Gasteiger partial charge is 0.358 e. The maximum absolute atomic E-state index is 13.6. The molecule has 2 heterocycles. The number of rotatable bonds is 3. The molecule has 1 aromatic carbocycles. The van der Waals surface area contributed by atoms with Crippen LogP contribution in [0.1, 0.15) is 0 Å². The zero-order valence-corrected chi connectivity index (χ0v) is 11.3. The first-order valence-electron chi connectivity index (χ1n) is 5.02. The van der Waals surface area contributed by atoms with E-state index in [-0.39, 0.29) is 5.82 Å². The average Bonchev–Trinajstić information content (AvgIpc) is 2.99. The van der Waals surface area contributed by atoms with E-state index >= 15 is 0 Å². The first kappa shape index (κ1) is 11.8. The van der Waals surface area contributed by atoms with Crippen LogP contribution in [0.15, 0.2) is 34.2 Å². The fourth-order valence-corrected chi connectivity index (χ4v) is 3.14. The molecule has 0 fully saturated rings. The lowest BCUT2D eigenvalue weighted by atomic mass is 10.2. The van der Waals surface area contributed by atoms with E-state index in [1.54, 1.807) is 24.0 Å². The molecule has 0 aliphatic heterocycles. The van der Waals surface area contributed by atoms with Crippen LogP contribution in [0.2, 0.25) is 5.02 Å². The molecule has 3 rings (SSSR count). The summed E-state index contributed by atoms with van der Waals surface area (Å²) in [7, 11) is 0. The fraction of sp³-hybridized carbons (Fsp3) is 0. The Morgan fingerprint density at radius 2 is 2.33 bits per heavy atom. The summed E-state index contributed by atoms with van der Waals surface area (Å²) < 4.78 is 17.8. The van der Waals surface area contributed by atoms with E-state index in [2.05, 4.69) is 14.7 Å². The molecule has 0 unspecified atom stereocenters. The zero-order valence-electron chi connectivity index (χ0n) is 8.91. The lowest BCUT2D eigenvalue weighted by molar-refractivity contribution is 0.640. The highest BCUT2D eigenvalue weighted by atomic mass is 35.5. The molecule has 18 heavy (non-hydrogen) atoms. The van der Waals surface area contributed by atoms with Crippen molar-refractivity contribution in [2.24, 2.45) is 0 Å². The van der Waals surface area contributed by atoms with E-state index in [1.807, 2.05) is 0 Å². The maximum atomic E-state index is 13.6. The van der Waals surface area contributed by atoms with Gasteiger partial charge in [-0.3, -0.25) is 4.98 Å². The fourth-order valence-electron chi connectivity index (χ4n) is 1.61. The van der Waals surface area contributed by atoms with Gasteiger partial charge in [-0.25, -0.2) is 4.39 Å². The molecule has 3 nitrogen and oxygen atoms in total. The molecule has 0 atom stereocenters. The molecule has 0 saturated heterocycles. The second-order valence-corrected chi connectivity index (χ2v) is 5.91. The minimum absolute atomic E-state index is 0.329. The Morgan fingerprint density at radius 3 is 3.11 bits per heavy atom. The van der Waals surface area contributed by atoms with Crippen molar-refractivity contribution in [2.45, 2.75) is 4.21 Å². The third-order valence-corrected chi connectivity index (χ3v) is 4.44. The highest BCUT2D eigenvalue weighted by Gasteiger charge is 2.11. The molecule has 0 amide bonds. The third kappa shape index (κ3) is 2.07. The number of nitrogens with zero attached hydrogens (tertiary/aromatic N) is 1. The number of hydrogen-bond donors (Lipinski definition) is 2. The maximum Gasteiger partial charge on any atom is 0.134 e. The molecular formula is C11H7ClFN3S2. The lowest BCUT2D eigenvalue weighted by Crippen LogP contribution is -1.88. The predicted octanol–water partition coefficient (Wildman–Crippen LogP) is 4.54. The minimum Gasteiger partial charge on any atom is -0.358 e. The Hall–Kier alpha value is -1.24. The molecule has 0 bridgehead atoms. The number of anilines is 1. The molecule has 0 spiro atoms. The van der Waals surface area contributed by atoms with Crippen LogP contribution in [-0.2, 0) is 0 Å². The lowest BCUT2D eigenvalue weighted by Gasteiger charge is -2.05. The van der Waals surface area contributed by atoms with Crippen LogP contribution in [0.5, 0.6) is 0 Å². The average molecular weight is 300 g/mol. The van der Waals surface area contributed by atoms with Crippen molar-refractivity contribution in [3.63, 3.8) is 0 Å². The summed E-state index contributed by atoms with van der Waals surface area (Å²) in [5.74, 6) is -0.329. The summed E-state index contributed by atoms with van der Waals surface area (Å²) in [6.07, 6.45) is 3.35. The summed E-state index contributed by atoms with van der Waals surface area (Å²) in [4.78, 5) is 6.95. The van der Waals surface area contributed by atoms with Crippen LogP contribution in [0.3, 0.4) is 0 Å². The number of fused-ring (bicyclic) bond motifs is 1. The highest BCUT2D eigenvalue weighted by molar-refractivity contribution is 8.02. The molecule has 0 aliphatic carbocycles. The van der Waals surface area contributed by atoms with E-state index in [1.165, 1.54) is 29.4 Å². The molecule has 2 N–H and O–H groups in total. The quantitative estimate of drug-likeness (QED) is 0.698. The number of benzene rings is 1. The third-order valence-electron chi connectivity index (χ3n) is 2.41. The predicted molar refractivity (Wildman–Crippen MR) is 74.9 cm³/mol. The Labute approximate surface area is 116 Å². The number of hydrogen-bond acceptors (Lipinski definition) is 4. The summed E-state index contributed by atoms with van der Waals surface area (Å²) in [6, 6.07) is 3.08. The summed E-state index contributed by atoms with van der Waals surface area (Å²) in [5, 5.41) is 0.792. The Bertz CT molecular complexity index is 681. The Balaban J connectivity index is 1.95. The van der Waals surface area contributed by atoms with Crippen molar-refractivity contribution in [3.8, 4) is 0 Å². The van der Waals surface area contributed by atoms with Crippen LogP contribution in [0, 0.1) is 5.82 Å². The van der Waals surface area contributed by atoms with Gasteiger partial charge in [0, 0.05) is 6.20 Å². The van der Waals surface area contributed by atoms with Gasteiger partial charge in [0.2, 0.25) is 0 Å². The van der Waals surface area contributed by atoms with Crippen molar-refractivity contribution in [1.29, 1.82) is 0 Å². The van der Waals surface area contributed by atoms with Gasteiger partial charge in [-0.05, 0) is 24.1 Å². The number of thiazole rings is 1. The van der Waals surface area contributed by atoms with Gasteiger partial charge in [-0.1, -0.05) is 11.6 Å². The van der Waals surface area contributed by atoms with Gasteiger partial charge in [-0.2, -0.15) is 0 Å². The van der Waals surface area contributed by atoms with E-state index in [0.29, 0.717) is 15.9 Å². The van der Waals surface area contributed by atoms with Gasteiger partial charge < -0.3 is 9.71 Å². The van der Waals surface area contributed by atoms with Crippen molar-refractivity contribution in [1.82, 2.24) is 9.97 Å². The van der Waals surface area contributed by atoms with Crippen molar-refractivity contribution in [2.75, 3.05) is 4.72 Å². The molecule has 0 radical (unpaired) electrons. The number of aromatic nitrogens is 2. The van der Waals surface area contributed by atoms with Crippen molar-refractivity contribution < 1.29 is 4.39 Å². The highest BCUT2D eigenvalue weighted by Crippen LogP contribution is 2.33. The summed E-state index contributed by atoms with van der Waals surface area (Å²) in [6.45, 7) is 0. The van der Waals surface area contributed by atoms with Gasteiger partial charge in [0.15, 0.2) is 0 Å². The van der Waals surface area contributed by atoms with Gasteiger partial charge >= 0.3 is 0 Å². The van der Waals surface area contributed by atoms with Gasteiger partial charge in [0.25, 0.3) is 0 Å². The number of aromatic amines is 1. The smallest absolute Gasteiger partial charge is 0.134 e. The molecule has 3 aromatic rings. The standard InChI is InChI=1S/C11H7ClFN3S2/c12-6-3-15-11-8(2-1-7(13)10(6)11)16-18-9-4-14-5-17-9/h1-5,15-16H. The zero-order chi connectivity index (χ0) is 12.5. The van der Waals surface area contributed by atoms with E-state index in [0.717, 1.165) is 9.90 Å².